The van der Waals surface area contributed by atoms with Crippen LogP contribution >= 0.6 is 0 Å². The molecule has 0 bridgehead atoms. The van der Waals surface area contributed by atoms with Crippen LogP contribution in [0.1, 0.15) is 29.5 Å². The monoisotopic (exact) mass is 342 g/mol. The maximum absolute atomic E-state index is 12.8. The summed E-state index contributed by atoms with van der Waals surface area (Å²) < 4.78 is 28.2. The fourth-order valence-corrected chi connectivity index (χ4v) is 4.60. The lowest BCUT2D eigenvalue weighted by atomic mass is 9.91. The summed E-state index contributed by atoms with van der Waals surface area (Å²) in [4.78, 5) is 11.6. The van der Waals surface area contributed by atoms with E-state index in [2.05, 4.69) is 16.1 Å². The molecule has 1 aliphatic heterocycles. The van der Waals surface area contributed by atoms with Crippen LogP contribution in [0.15, 0.2) is 41.3 Å². The average molecular weight is 342 g/mol. The number of nitrogens with one attached hydrogen (secondary N) is 2. The molecule has 1 amide bonds. The van der Waals surface area contributed by atoms with E-state index in [1.807, 2.05) is 12.1 Å². The lowest BCUT2D eigenvalue weighted by Gasteiger charge is -2.20. The number of carbonyl (C=O) groups is 1. The molecule has 6 heteroatoms. The molecule has 24 heavy (non-hydrogen) atoms. The van der Waals surface area contributed by atoms with Crippen molar-refractivity contribution in [3.63, 3.8) is 0 Å². The van der Waals surface area contributed by atoms with Gasteiger partial charge in [0.2, 0.25) is 5.91 Å². The van der Waals surface area contributed by atoms with Gasteiger partial charge in [0.1, 0.15) is 0 Å². The summed E-state index contributed by atoms with van der Waals surface area (Å²) in [5.41, 5.74) is 4.41. The Kier molecular flexibility index (Phi) is 3.57. The van der Waals surface area contributed by atoms with E-state index in [9.17, 15) is 13.2 Å². The third-order valence-electron chi connectivity index (χ3n) is 4.65. The zero-order chi connectivity index (χ0) is 16.7. The van der Waals surface area contributed by atoms with Crippen molar-refractivity contribution in [1.82, 2.24) is 0 Å². The number of carbonyl (C=O) groups excluding carboxylic acids is 1. The van der Waals surface area contributed by atoms with Crippen molar-refractivity contribution in [1.29, 1.82) is 0 Å². The van der Waals surface area contributed by atoms with Crippen molar-refractivity contribution in [3.8, 4) is 0 Å². The molecule has 0 fully saturated rings. The molecule has 0 atom stereocenters. The summed E-state index contributed by atoms with van der Waals surface area (Å²) in [6.07, 6.45) is 4.35. The van der Waals surface area contributed by atoms with Crippen LogP contribution in [0.2, 0.25) is 0 Å². The minimum absolute atomic E-state index is 0.107. The molecule has 4 rings (SSSR count). The molecule has 1 aliphatic carbocycles. The highest BCUT2D eigenvalue weighted by molar-refractivity contribution is 7.92. The topological polar surface area (TPSA) is 75.3 Å². The molecular weight excluding hydrogens is 324 g/mol. The standard InChI is InChI=1S/C18H18N2O3S/c21-18-11-13-10-14(8-9-16(13)19-18)24(22,23)20-17-7-3-5-12-4-1-2-6-15(12)17/h3,5,7-10,20H,1-2,4,6,11H2,(H,19,21). The van der Waals surface area contributed by atoms with Crippen molar-refractivity contribution in [3.05, 3.63) is 53.1 Å². The lowest BCUT2D eigenvalue weighted by Crippen LogP contribution is -2.16. The zero-order valence-corrected chi connectivity index (χ0v) is 13.9. The van der Waals surface area contributed by atoms with Gasteiger partial charge in [-0.3, -0.25) is 9.52 Å². The number of hydrogen-bond donors (Lipinski definition) is 2. The zero-order valence-electron chi connectivity index (χ0n) is 13.1. The number of rotatable bonds is 3. The smallest absolute Gasteiger partial charge is 0.261 e. The van der Waals surface area contributed by atoms with Crippen LogP contribution in [0.25, 0.3) is 0 Å². The summed E-state index contributed by atoms with van der Waals surface area (Å²) in [5, 5.41) is 2.71. The molecule has 0 saturated heterocycles. The van der Waals surface area contributed by atoms with Gasteiger partial charge < -0.3 is 5.32 Å². The largest absolute Gasteiger partial charge is 0.326 e. The molecule has 2 N–H and O–H groups in total. The number of benzene rings is 2. The molecule has 2 aromatic rings. The average Bonchev–Trinajstić information content (AvgIpc) is 2.94. The Balaban J connectivity index is 1.68. The van der Waals surface area contributed by atoms with Gasteiger partial charge in [0.05, 0.1) is 17.0 Å². The van der Waals surface area contributed by atoms with Gasteiger partial charge >= 0.3 is 0 Å². The summed E-state index contributed by atoms with van der Waals surface area (Å²) in [5.74, 6) is -0.107. The first kappa shape index (κ1) is 15.2. The van der Waals surface area contributed by atoms with E-state index >= 15 is 0 Å². The Bertz CT molecular complexity index is 935. The second-order valence-electron chi connectivity index (χ2n) is 6.30. The number of sulfonamides is 1. The SMILES string of the molecule is O=C1Cc2cc(S(=O)(=O)Nc3cccc4c3CCCC4)ccc2N1. The minimum Gasteiger partial charge on any atom is -0.326 e. The number of aryl methyl sites for hydroxylation is 1. The molecule has 5 nitrogen and oxygen atoms in total. The van der Waals surface area contributed by atoms with E-state index in [0.29, 0.717) is 11.4 Å². The van der Waals surface area contributed by atoms with E-state index in [-0.39, 0.29) is 17.2 Å². The second-order valence-corrected chi connectivity index (χ2v) is 7.98. The van der Waals surface area contributed by atoms with E-state index in [1.54, 1.807) is 12.1 Å². The van der Waals surface area contributed by atoms with Crippen molar-refractivity contribution in [2.24, 2.45) is 0 Å². The first-order chi connectivity index (χ1) is 11.5. The van der Waals surface area contributed by atoms with Gasteiger partial charge in [0, 0.05) is 5.69 Å². The number of hydrogen-bond acceptors (Lipinski definition) is 3. The fraction of sp³-hybridized carbons (Fsp3) is 0.278. The minimum atomic E-state index is -3.67. The molecule has 124 valence electrons. The Hall–Kier alpha value is -2.34. The fourth-order valence-electron chi connectivity index (χ4n) is 3.45. The van der Waals surface area contributed by atoms with Gasteiger partial charge in [-0.05, 0) is 66.6 Å². The van der Waals surface area contributed by atoms with Crippen LogP contribution in [-0.2, 0) is 34.1 Å². The number of amides is 1. The molecule has 2 aromatic carbocycles. The molecule has 0 aromatic heterocycles. The summed E-state index contributed by atoms with van der Waals surface area (Å²) in [6, 6.07) is 10.5. The molecule has 1 heterocycles. The molecule has 2 aliphatic rings. The lowest BCUT2D eigenvalue weighted by molar-refractivity contribution is -0.115. The highest BCUT2D eigenvalue weighted by Gasteiger charge is 2.23. The van der Waals surface area contributed by atoms with Crippen molar-refractivity contribution in [2.45, 2.75) is 37.0 Å². The maximum Gasteiger partial charge on any atom is 0.261 e. The van der Waals surface area contributed by atoms with Crippen LogP contribution in [-0.4, -0.2) is 14.3 Å². The molecule has 0 radical (unpaired) electrons. The van der Waals surface area contributed by atoms with Crippen molar-refractivity contribution < 1.29 is 13.2 Å². The summed E-state index contributed by atoms with van der Waals surface area (Å²) >= 11 is 0. The third kappa shape index (κ3) is 2.67. The van der Waals surface area contributed by atoms with E-state index in [1.165, 1.54) is 11.6 Å². The number of fused-ring (bicyclic) bond motifs is 2. The molecule has 0 saturated carbocycles. The molecule has 0 unspecified atom stereocenters. The van der Waals surface area contributed by atoms with Crippen molar-refractivity contribution in [2.75, 3.05) is 10.0 Å². The van der Waals surface area contributed by atoms with Gasteiger partial charge in [0.15, 0.2) is 0 Å². The Morgan fingerprint density at radius 2 is 1.83 bits per heavy atom. The van der Waals surface area contributed by atoms with Gasteiger partial charge in [0.25, 0.3) is 10.0 Å². The van der Waals surface area contributed by atoms with Gasteiger partial charge in [-0.1, -0.05) is 12.1 Å². The first-order valence-corrected chi connectivity index (χ1v) is 9.58. The summed E-state index contributed by atoms with van der Waals surface area (Å²) in [6.45, 7) is 0. The Morgan fingerprint density at radius 1 is 1.00 bits per heavy atom. The van der Waals surface area contributed by atoms with Gasteiger partial charge in [-0.15, -0.1) is 0 Å². The van der Waals surface area contributed by atoms with Gasteiger partial charge in [-0.25, -0.2) is 8.42 Å². The first-order valence-electron chi connectivity index (χ1n) is 8.09. The Labute approximate surface area is 141 Å². The van der Waals surface area contributed by atoms with Gasteiger partial charge in [-0.2, -0.15) is 0 Å². The van der Waals surface area contributed by atoms with Crippen LogP contribution in [0.4, 0.5) is 11.4 Å². The predicted octanol–water partition coefficient (Wildman–Crippen LogP) is 2.86. The van der Waals surface area contributed by atoms with E-state index < -0.39 is 10.0 Å². The maximum atomic E-state index is 12.8. The van der Waals surface area contributed by atoms with Crippen LogP contribution in [0.3, 0.4) is 0 Å². The number of anilines is 2. The summed E-state index contributed by atoms with van der Waals surface area (Å²) in [7, 11) is -3.67. The van der Waals surface area contributed by atoms with E-state index in [4.69, 9.17) is 0 Å². The van der Waals surface area contributed by atoms with Crippen molar-refractivity contribution >= 4 is 27.3 Å². The Morgan fingerprint density at radius 3 is 2.71 bits per heavy atom. The normalized spacial score (nSPS) is 16.2. The highest BCUT2D eigenvalue weighted by atomic mass is 32.2. The molecular formula is C18H18N2O3S. The third-order valence-corrected chi connectivity index (χ3v) is 6.02. The quantitative estimate of drug-likeness (QED) is 0.900. The van der Waals surface area contributed by atoms with Crippen LogP contribution in [0, 0.1) is 0 Å². The molecule has 0 spiro atoms. The van der Waals surface area contributed by atoms with Crippen LogP contribution in [0.5, 0.6) is 0 Å². The van der Waals surface area contributed by atoms with Crippen LogP contribution < -0.4 is 10.0 Å². The van der Waals surface area contributed by atoms with E-state index in [0.717, 1.165) is 36.8 Å². The predicted molar refractivity (Wildman–Crippen MR) is 92.7 cm³/mol. The highest BCUT2D eigenvalue weighted by Crippen LogP contribution is 2.31. The second kappa shape index (κ2) is 5.63.